The van der Waals surface area contributed by atoms with Gasteiger partial charge in [0.05, 0.1) is 6.61 Å². The Morgan fingerprint density at radius 3 is 2.74 bits per heavy atom. The van der Waals surface area contributed by atoms with Crippen molar-refractivity contribution in [2.75, 3.05) is 32.2 Å². The monoisotopic (exact) mass is 262 g/mol. The number of hydrogen-bond acceptors (Lipinski definition) is 3. The fraction of sp³-hybridized carbons (Fsp3) is 0.625. The van der Waals surface area contributed by atoms with Crippen LogP contribution in [0.2, 0.25) is 0 Å². The lowest BCUT2D eigenvalue weighted by atomic mass is 9.91. The number of nitrogens with one attached hydrogen (secondary N) is 1. The van der Waals surface area contributed by atoms with Gasteiger partial charge in [-0.2, -0.15) is 0 Å². The van der Waals surface area contributed by atoms with Crippen molar-refractivity contribution in [1.82, 2.24) is 5.32 Å². The molecule has 0 unspecified atom stereocenters. The van der Waals surface area contributed by atoms with E-state index < -0.39 is 0 Å². The van der Waals surface area contributed by atoms with Crippen molar-refractivity contribution >= 4 is 5.69 Å². The van der Waals surface area contributed by atoms with Crippen LogP contribution < -0.4 is 10.2 Å². The second kappa shape index (κ2) is 6.92. The first-order valence-corrected chi connectivity index (χ1v) is 7.24. The van der Waals surface area contributed by atoms with Crippen LogP contribution in [-0.2, 0) is 11.3 Å². The van der Waals surface area contributed by atoms with Crippen LogP contribution in [0.3, 0.4) is 0 Å². The smallest absolute Gasteiger partial charge is 0.0587 e. The van der Waals surface area contributed by atoms with Gasteiger partial charge < -0.3 is 15.0 Å². The number of anilines is 1. The van der Waals surface area contributed by atoms with E-state index in [0.29, 0.717) is 0 Å². The maximum absolute atomic E-state index is 5.04. The van der Waals surface area contributed by atoms with Gasteiger partial charge >= 0.3 is 0 Å². The summed E-state index contributed by atoms with van der Waals surface area (Å²) in [4.78, 5) is 2.43. The first kappa shape index (κ1) is 14.4. The highest BCUT2D eigenvalue weighted by Crippen LogP contribution is 2.29. The number of hydrogen-bond donors (Lipinski definition) is 1. The highest BCUT2D eigenvalue weighted by atomic mass is 16.5. The van der Waals surface area contributed by atoms with Crippen molar-refractivity contribution in [1.29, 1.82) is 0 Å². The molecule has 1 N–H and O–H groups in total. The molecule has 0 bridgehead atoms. The molecule has 0 radical (unpaired) electrons. The van der Waals surface area contributed by atoms with Crippen LogP contribution in [0.1, 0.15) is 30.4 Å². The summed E-state index contributed by atoms with van der Waals surface area (Å²) in [5, 5.41) is 3.40. The summed E-state index contributed by atoms with van der Waals surface area (Å²) >= 11 is 0. The molecular weight excluding hydrogens is 236 g/mol. The summed E-state index contributed by atoms with van der Waals surface area (Å²) < 4.78 is 5.04. The fourth-order valence-electron chi connectivity index (χ4n) is 2.48. The van der Waals surface area contributed by atoms with E-state index in [-0.39, 0.29) is 0 Å². The van der Waals surface area contributed by atoms with E-state index in [1.54, 1.807) is 7.11 Å². The minimum absolute atomic E-state index is 0.755. The van der Waals surface area contributed by atoms with Gasteiger partial charge in [-0.15, -0.1) is 0 Å². The Balaban J connectivity index is 1.92. The van der Waals surface area contributed by atoms with Gasteiger partial charge in [0.25, 0.3) is 0 Å². The average Bonchev–Trinajstić information content (AvgIpc) is 2.34. The maximum Gasteiger partial charge on any atom is 0.0587 e. The Labute approximate surface area is 116 Å². The topological polar surface area (TPSA) is 24.5 Å². The van der Waals surface area contributed by atoms with Gasteiger partial charge in [-0.25, -0.2) is 0 Å². The molecule has 1 saturated carbocycles. The third-order valence-electron chi connectivity index (χ3n) is 4.15. The SMILES string of the molecule is COCCNCc1ccc(N(C)C2CCC2)cc1C. The molecule has 1 aliphatic rings. The van der Waals surface area contributed by atoms with E-state index in [2.05, 4.69) is 42.4 Å². The molecule has 1 aromatic carbocycles. The number of benzene rings is 1. The van der Waals surface area contributed by atoms with Crippen molar-refractivity contribution < 1.29 is 4.74 Å². The van der Waals surface area contributed by atoms with Gasteiger partial charge in [0.2, 0.25) is 0 Å². The van der Waals surface area contributed by atoms with E-state index in [9.17, 15) is 0 Å². The lowest BCUT2D eigenvalue weighted by Crippen LogP contribution is -2.37. The molecule has 1 aromatic rings. The normalized spacial score (nSPS) is 15.3. The number of methoxy groups -OCH3 is 1. The van der Waals surface area contributed by atoms with Crippen molar-refractivity contribution in [3.05, 3.63) is 29.3 Å². The molecule has 0 aliphatic heterocycles. The summed E-state index contributed by atoms with van der Waals surface area (Å²) in [6, 6.07) is 7.56. The van der Waals surface area contributed by atoms with Gasteiger partial charge in [-0.3, -0.25) is 0 Å². The molecular formula is C16H26N2O. The van der Waals surface area contributed by atoms with Crippen LogP contribution in [0.5, 0.6) is 0 Å². The van der Waals surface area contributed by atoms with Crippen molar-refractivity contribution in [3.8, 4) is 0 Å². The third kappa shape index (κ3) is 3.71. The molecule has 0 atom stereocenters. The Hall–Kier alpha value is -1.06. The first-order valence-electron chi connectivity index (χ1n) is 7.24. The molecule has 0 saturated heterocycles. The first-order chi connectivity index (χ1) is 9.22. The summed E-state index contributed by atoms with van der Waals surface area (Å²) in [7, 11) is 3.95. The summed E-state index contributed by atoms with van der Waals surface area (Å²) in [6.07, 6.45) is 4.07. The zero-order valence-corrected chi connectivity index (χ0v) is 12.4. The van der Waals surface area contributed by atoms with Crippen LogP contribution in [-0.4, -0.2) is 33.4 Å². The predicted molar refractivity (Wildman–Crippen MR) is 80.8 cm³/mol. The number of aryl methyl sites for hydroxylation is 1. The minimum Gasteiger partial charge on any atom is -0.383 e. The molecule has 3 nitrogen and oxygen atoms in total. The maximum atomic E-state index is 5.04. The predicted octanol–water partition coefficient (Wildman–Crippen LogP) is 2.72. The van der Waals surface area contributed by atoms with Gasteiger partial charge in [0.15, 0.2) is 0 Å². The minimum atomic E-state index is 0.755. The van der Waals surface area contributed by atoms with Crippen LogP contribution in [0, 0.1) is 6.92 Å². The second-order valence-corrected chi connectivity index (χ2v) is 5.48. The lowest BCUT2D eigenvalue weighted by Gasteiger charge is -2.36. The second-order valence-electron chi connectivity index (χ2n) is 5.48. The number of ether oxygens (including phenoxy) is 1. The molecule has 2 rings (SSSR count). The van der Waals surface area contributed by atoms with Crippen molar-refractivity contribution in [2.45, 2.75) is 38.8 Å². The molecule has 0 spiro atoms. The zero-order chi connectivity index (χ0) is 13.7. The summed E-state index contributed by atoms with van der Waals surface area (Å²) in [5.74, 6) is 0. The number of rotatable bonds is 7. The Kier molecular flexibility index (Phi) is 5.23. The standard InChI is InChI=1S/C16H26N2O/c1-13-11-16(18(2)15-5-4-6-15)8-7-14(13)12-17-9-10-19-3/h7-8,11,15,17H,4-6,9-10,12H2,1-3H3. The van der Waals surface area contributed by atoms with Gasteiger partial charge in [0.1, 0.15) is 0 Å². The molecule has 106 valence electrons. The summed E-state index contributed by atoms with van der Waals surface area (Å²) in [6.45, 7) is 4.79. The van der Waals surface area contributed by atoms with Crippen molar-refractivity contribution in [3.63, 3.8) is 0 Å². The fourth-order valence-corrected chi connectivity index (χ4v) is 2.48. The van der Waals surface area contributed by atoms with Gasteiger partial charge in [-0.1, -0.05) is 6.07 Å². The highest BCUT2D eigenvalue weighted by molar-refractivity contribution is 5.51. The largest absolute Gasteiger partial charge is 0.383 e. The quantitative estimate of drug-likeness (QED) is 0.765. The molecule has 1 fully saturated rings. The number of nitrogens with zero attached hydrogens (tertiary/aromatic N) is 1. The molecule has 0 aromatic heterocycles. The molecule has 0 amide bonds. The van der Waals surface area contributed by atoms with E-state index >= 15 is 0 Å². The van der Waals surface area contributed by atoms with Gasteiger partial charge in [-0.05, 0) is 49.4 Å². The van der Waals surface area contributed by atoms with Crippen LogP contribution in [0.25, 0.3) is 0 Å². The highest BCUT2D eigenvalue weighted by Gasteiger charge is 2.22. The summed E-state index contributed by atoms with van der Waals surface area (Å²) in [5.41, 5.74) is 4.10. The Morgan fingerprint density at radius 2 is 2.16 bits per heavy atom. The van der Waals surface area contributed by atoms with Crippen LogP contribution in [0.15, 0.2) is 18.2 Å². The van der Waals surface area contributed by atoms with Gasteiger partial charge in [0, 0.05) is 39.0 Å². The van der Waals surface area contributed by atoms with Crippen LogP contribution >= 0.6 is 0 Å². The van der Waals surface area contributed by atoms with E-state index in [0.717, 1.165) is 25.7 Å². The van der Waals surface area contributed by atoms with Crippen molar-refractivity contribution in [2.24, 2.45) is 0 Å². The van der Waals surface area contributed by atoms with E-state index in [4.69, 9.17) is 4.74 Å². The third-order valence-corrected chi connectivity index (χ3v) is 4.15. The zero-order valence-electron chi connectivity index (χ0n) is 12.4. The Morgan fingerprint density at radius 1 is 1.37 bits per heavy atom. The molecule has 0 heterocycles. The molecule has 3 heteroatoms. The lowest BCUT2D eigenvalue weighted by molar-refractivity contribution is 0.199. The Bertz CT molecular complexity index is 402. The average molecular weight is 262 g/mol. The van der Waals surface area contributed by atoms with E-state index in [1.165, 1.54) is 36.1 Å². The van der Waals surface area contributed by atoms with E-state index in [1.807, 2.05) is 0 Å². The van der Waals surface area contributed by atoms with Crippen LogP contribution in [0.4, 0.5) is 5.69 Å². The molecule has 1 aliphatic carbocycles. The molecule has 19 heavy (non-hydrogen) atoms.